The number of rotatable bonds is 1. The second kappa shape index (κ2) is 3.32. The van der Waals surface area contributed by atoms with Gasteiger partial charge in [-0.25, -0.2) is 9.97 Å². The van der Waals surface area contributed by atoms with Gasteiger partial charge in [0.1, 0.15) is 5.69 Å². The summed E-state index contributed by atoms with van der Waals surface area (Å²) in [7, 11) is 0. The van der Waals surface area contributed by atoms with Crippen LogP contribution in [0.5, 0.6) is 0 Å². The molecule has 2 nitrogen and oxygen atoms in total. The molecule has 1 heterocycles. The average Bonchev–Trinajstić information content (AvgIpc) is 2.83. The Labute approximate surface area is 92.1 Å². The van der Waals surface area contributed by atoms with E-state index in [0.29, 0.717) is 5.69 Å². The summed E-state index contributed by atoms with van der Waals surface area (Å²) in [5, 5.41) is 0. The largest absolute Gasteiger partial charge is 0.433 e. The monoisotopic (exact) mass is 314 g/mol. The highest BCUT2D eigenvalue weighted by Crippen LogP contribution is 2.40. The maximum absolute atomic E-state index is 12.3. The molecule has 6 heteroatoms. The van der Waals surface area contributed by atoms with Crippen LogP contribution in [0.4, 0.5) is 13.2 Å². The quantitative estimate of drug-likeness (QED) is 0.588. The van der Waals surface area contributed by atoms with Gasteiger partial charge in [0.05, 0.1) is 0 Å². The third-order valence-corrected chi connectivity index (χ3v) is 2.49. The molecule has 2 rings (SSSR count). The van der Waals surface area contributed by atoms with Crippen LogP contribution in [-0.4, -0.2) is 9.97 Å². The average molecular weight is 314 g/mol. The SMILES string of the molecule is FC(F)(F)c1cc(C2CC2)nc(I)n1. The Bertz CT molecular complexity index is 360. The second-order valence-electron chi connectivity index (χ2n) is 3.22. The third kappa shape index (κ3) is 2.15. The van der Waals surface area contributed by atoms with Crippen LogP contribution < -0.4 is 0 Å². The molecule has 0 bridgehead atoms. The standard InChI is InChI=1S/C8H6F3IN2/c9-8(10,11)6-3-5(4-1-2-4)13-7(12)14-6/h3-4H,1-2H2. The van der Waals surface area contributed by atoms with Gasteiger partial charge in [0.2, 0.25) is 0 Å². The van der Waals surface area contributed by atoms with Gasteiger partial charge in [0.25, 0.3) is 0 Å². The highest BCUT2D eigenvalue weighted by molar-refractivity contribution is 14.1. The van der Waals surface area contributed by atoms with Gasteiger partial charge in [-0.15, -0.1) is 0 Å². The van der Waals surface area contributed by atoms with Crippen LogP contribution in [0.25, 0.3) is 0 Å². The van der Waals surface area contributed by atoms with Gasteiger partial charge < -0.3 is 0 Å². The zero-order valence-electron chi connectivity index (χ0n) is 6.98. The van der Waals surface area contributed by atoms with E-state index < -0.39 is 11.9 Å². The first-order chi connectivity index (χ1) is 6.47. The lowest BCUT2D eigenvalue weighted by molar-refractivity contribution is -0.141. The molecule has 0 spiro atoms. The van der Waals surface area contributed by atoms with Crippen molar-refractivity contribution >= 4 is 22.6 Å². The molecule has 1 aliphatic rings. The first-order valence-corrected chi connectivity index (χ1v) is 5.16. The van der Waals surface area contributed by atoms with Crippen molar-refractivity contribution in [1.82, 2.24) is 9.97 Å². The molecule has 0 saturated heterocycles. The molecular formula is C8H6F3IN2. The van der Waals surface area contributed by atoms with Crippen LogP contribution in [0.3, 0.4) is 0 Å². The zero-order chi connectivity index (χ0) is 10.3. The number of nitrogens with zero attached hydrogens (tertiary/aromatic N) is 2. The summed E-state index contributed by atoms with van der Waals surface area (Å²) in [6.45, 7) is 0. The molecule has 0 radical (unpaired) electrons. The van der Waals surface area contributed by atoms with E-state index in [2.05, 4.69) is 9.97 Å². The van der Waals surface area contributed by atoms with Crippen molar-refractivity contribution in [2.24, 2.45) is 0 Å². The van der Waals surface area contributed by atoms with Crippen molar-refractivity contribution in [2.75, 3.05) is 0 Å². The minimum absolute atomic E-state index is 0.166. The van der Waals surface area contributed by atoms with E-state index in [4.69, 9.17) is 0 Å². The van der Waals surface area contributed by atoms with Gasteiger partial charge in [-0.05, 0) is 18.9 Å². The summed E-state index contributed by atoms with van der Waals surface area (Å²) >= 11 is 1.71. The fraction of sp³-hybridized carbons (Fsp3) is 0.500. The Morgan fingerprint density at radius 1 is 1.29 bits per heavy atom. The molecule has 1 aromatic rings. The Balaban J connectivity index is 2.41. The number of aromatic nitrogens is 2. The molecular weight excluding hydrogens is 308 g/mol. The van der Waals surface area contributed by atoms with Gasteiger partial charge in [-0.1, -0.05) is 0 Å². The Kier molecular flexibility index (Phi) is 2.40. The van der Waals surface area contributed by atoms with E-state index >= 15 is 0 Å². The van der Waals surface area contributed by atoms with Crippen molar-refractivity contribution in [1.29, 1.82) is 0 Å². The van der Waals surface area contributed by atoms with E-state index in [-0.39, 0.29) is 9.75 Å². The molecule has 0 amide bonds. The molecule has 0 unspecified atom stereocenters. The first-order valence-electron chi connectivity index (χ1n) is 4.08. The molecule has 14 heavy (non-hydrogen) atoms. The van der Waals surface area contributed by atoms with E-state index in [1.165, 1.54) is 0 Å². The highest BCUT2D eigenvalue weighted by Gasteiger charge is 2.35. The molecule has 76 valence electrons. The van der Waals surface area contributed by atoms with Gasteiger partial charge in [0.15, 0.2) is 3.83 Å². The van der Waals surface area contributed by atoms with Crippen LogP contribution in [0.2, 0.25) is 0 Å². The molecule has 1 aliphatic carbocycles. The number of hydrogen-bond donors (Lipinski definition) is 0. The second-order valence-corrected chi connectivity index (χ2v) is 4.18. The predicted molar refractivity (Wildman–Crippen MR) is 51.7 cm³/mol. The minimum atomic E-state index is -4.37. The number of hydrogen-bond acceptors (Lipinski definition) is 2. The van der Waals surface area contributed by atoms with Crippen molar-refractivity contribution in [3.63, 3.8) is 0 Å². The van der Waals surface area contributed by atoms with Crippen LogP contribution in [0, 0.1) is 3.83 Å². The minimum Gasteiger partial charge on any atom is -0.228 e. The van der Waals surface area contributed by atoms with E-state index in [1.807, 2.05) is 0 Å². The fourth-order valence-electron chi connectivity index (χ4n) is 1.17. The summed E-state index contributed by atoms with van der Waals surface area (Å²) in [5.41, 5.74) is -0.310. The highest BCUT2D eigenvalue weighted by atomic mass is 127. The lowest BCUT2D eigenvalue weighted by Crippen LogP contribution is -2.11. The smallest absolute Gasteiger partial charge is 0.228 e. The normalized spacial score (nSPS) is 17.1. The Morgan fingerprint density at radius 2 is 1.93 bits per heavy atom. The maximum Gasteiger partial charge on any atom is 0.433 e. The van der Waals surface area contributed by atoms with E-state index in [1.54, 1.807) is 22.6 Å². The van der Waals surface area contributed by atoms with Crippen molar-refractivity contribution in [3.05, 3.63) is 21.3 Å². The summed E-state index contributed by atoms with van der Waals surface area (Å²) < 4.78 is 37.2. The topological polar surface area (TPSA) is 25.8 Å². The maximum atomic E-state index is 12.3. The van der Waals surface area contributed by atoms with Gasteiger partial charge in [-0.3, -0.25) is 0 Å². The van der Waals surface area contributed by atoms with Crippen LogP contribution in [0.15, 0.2) is 6.07 Å². The van der Waals surface area contributed by atoms with Gasteiger partial charge in [-0.2, -0.15) is 13.2 Å². The third-order valence-electron chi connectivity index (χ3n) is 2.00. The molecule has 1 saturated carbocycles. The van der Waals surface area contributed by atoms with Crippen molar-refractivity contribution in [3.8, 4) is 0 Å². The van der Waals surface area contributed by atoms with E-state index in [0.717, 1.165) is 18.9 Å². The van der Waals surface area contributed by atoms with Crippen molar-refractivity contribution in [2.45, 2.75) is 24.9 Å². The summed E-state index contributed by atoms with van der Waals surface area (Å²) in [6.07, 6.45) is -2.50. The summed E-state index contributed by atoms with van der Waals surface area (Å²) in [4.78, 5) is 7.35. The van der Waals surface area contributed by atoms with Crippen LogP contribution >= 0.6 is 22.6 Å². The summed E-state index contributed by atoms with van der Waals surface area (Å²) in [6, 6.07) is 1.06. The number of alkyl halides is 3. The lowest BCUT2D eigenvalue weighted by Gasteiger charge is -2.07. The molecule has 0 aromatic carbocycles. The Hall–Kier alpha value is -0.400. The molecule has 1 fully saturated rings. The molecule has 1 aromatic heterocycles. The summed E-state index contributed by atoms with van der Waals surface area (Å²) in [5.74, 6) is 0.215. The van der Waals surface area contributed by atoms with E-state index in [9.17, 15) is 13.2 Å². The lowest BCUT2D eigenvalue weighted by atomic mass is 10.2. The van der Waals surface area contributed by atoms with Gasteiger partial charge >= 0.3 is 6.18 Å². The van der Waals surface area contributed by atoms with Crippen molar-refractivity contribution < 1.29 is 13.2 Å². The Morgan fingerprint density at radius 3 is 2.43 bits per heavy atom. The van der Waals surface area contributed by atoms with Crippen LogP contribution in [-0.2, 0) is 6.18 Å². The van der Waals surface area contributed by atoms with Gasteiger partial charge in [0, 0.05) is 34.2 Å². The van der Waals surface area contributed by atoms with Crippen LogP contribution in [0.1, 0.15) is 30.1 Å². The molecule has 0 atom stereocenters. The first kappa shape index (κ1) is 10.1. The predicted octanol–water partition coefficient (Wildman–Crippen LogP) is 2.98. The zero-order valence-corrected chi connectivity index (χ0v) is 9.13. The number of halogens is 4. The fourth-order valence-corrected chi connectivity index (χ4v) is 1.71. The molecule has 0 aliphatic heterocycles. The molecule has 0 N–H and O–H groups in total.